The van der Waals surface area contributed by atoms with Crippen molar-refractivity contribution in [2.45, 2.75) is 37.9 Å². The van der Waals surface area contributed by atoms with E-state index in [1.807, 2.05) is 60.7 Å². The molecule has 1 heterocycles. The summed E-state index contributed by atoms with van der Waals surface area (Å²) in [5, 5.41) is 4.82. The minimum Gasteiger partial charge on any atom is -0.363 e. The van der Waals surface area contributed by atoms with E-state index in [1.54, 1.807) is 12.1 Å². The maximum absolute atomic E-state index is 13.1. The Morgan fingerprint density at radius 3 is 2.36 bits per heavy atom. The zero-order valence-electron chi connectivity index (χ0n) is 18.1. The minimum atomic E-state index is -1.10. The maximum Gasteiger partial charge on any atom is 0.287 e. The molecule has 3 amide bonds. The van der Waals surface area contributed by atoms with Crippen LogP contribution in [0, 0.1) is 0 Å². The van der Waals surface area contributed by atoms with Crippen molar-refractivity contribution in [1.82, 2.24) is 10.2 Å². The van der Waals surface area contributed by atoms with Crippen LogP contribution < -0.4 is 11.1 Å². The number of fused-ring (bicyclic) bond motifs is 1. The van der Waals surface area contributed by atoms with E-state index in [2.05, 4.69) is 5.32 Å². The Labute approximate surface area is 191 Å². The number of nitrogens with one attached hydrogen (secondary N) is 1. The van der Waals surface area contributed by atoms with Gasteiger partial charge >= 0.3 is 0 Å². The summed E-state index contributed by atoms with van der Waals surface area (Å²) >= 11 is 0. The van der Waals surface area contributed by atoms with Gasteiger partial charge in [-0.05, 0) is 34.4 Å². The fraction of sp³-hybridized carbons (Fsp3) is 0.231. The number of primary amides is 1. The van der Waals surface area contributed by atoms with Crippen molar-refractivity contribution < 1.29 is 19.2 Å². The molecule has 3 N–H and O–H groups in total. The highest BCUT2D eigenvalue weighted by Crippen LogP contribution is 2.24. The number of hydrogen-bond donors (Lipinski definition) is 2. The van der Waals surface area contributed by atoms with Crippen LogP contribution in [0.1, 0.15) is 24.0 Å². The van der Waals surface area contributed by atoms with Gasteiger partial charge in [0.2, 0.25) is 17.6 Å². The van der Waals surface area contributed by atoms with E-state index < -0.39 is 29.7 Å². The van der Waals surface area contributed by atoms with E-state index in [-0.39, 0.29) is 25.3 Å². The van der Waals surface area contributed by atoms with Gasteiger partial charge < -0.3 is 16.0 Å². The van der Waals surface area contributed by atoms with Crippen LogP contribution in [0.15, 0.2) is 72.8 Å². The molecule has 2 atom stereocenters. The molecule has 4 rings (SSSR count). The molecule has 0 aliphatic carbocycles. The van der Waals surface area contributed by atoms with Gasteiger partial charge in [-0.1, -0.05) is 66.7 Å². The number of amides is 3. The first kappa shape index (κ1) is 22.2. The molecule has 33 heavy (non-hydrogen) atoms. The lowest BCUT2D eigenvalue weighted by Gasteiger charge is -2.26. The molecule has 3 aromatic rings. The summed E-state index contributed by atoms with van der Waals surface area (Å²) < 4.78 is 0. The zero-order valence-corrected chi connectivity index (χ0v) is 18.1. The number of nitrogens with two attached hydrogens (primary N) is 1. The lowest BCUT2D eigenvalue weighted by molar-refractivity contribution is -0.140. The molecule has 0 bridgehead atoms. The van der Waals surface area contributed by atoms with E-state index in [0.29, 0.717) is 6.42 Å². The van der Waals surface area contributed by atoms with Crippen molar-refractivity contribution in [2.24, 2.45) is 5.73 Å². The zero-order chi connectivity index (χ0) is 23.4. The predicted molar refractivity (Wildman–Crippen MR) is 124 cm³/mol. The Bertz CT molecular complexity index is 1210. The molecule has 3 aromatic carbocycles. The number of carbonyl (C=O) groups is 4. The number of benzene rings is 3. The highest BCUT2D eigenvalue weighted by atomic mass is 16.2. The van der Waals surface area contributed by atoms with Crippen molar-refractivity contribution in [3.63, 3.8) is 0 Å². The Kier molecular flexibility index (Phi) is 6.49. The Morgan fingerprint density at radius 1 is 0.939 bits per heavy atom. The molecule has 7 heteroatoms. The van der Waals surface area contributed by atoms with E-state index in [0.717, 1.165) is 21.9 Å². The smallest absolute Gasteiger partial charge is 0.287 e. The highest BCUT2D eigenvalue weighted by Gasteiger charge is 2.38. The number of likely N-dealkylation sites (tertiary alicyclic amines) is 1. The van der Waals surface area contributed by atoms with Crippen LogP contribution in [0.3, 0.4) is 0 Å². The van der Waals surface area contributed by atoms with Gasteiger partial charge in [0.25, 0.3) is 5.91 Å². The SMILES string of the molecule is NC(=O)C(=O)C(Cc1ccccc1)NC(=O)[C@@H]1CCC(=O)N1Cc1ccc2ccccc2c1. The predicted octanol–water partition coefficient (Wildman–Crippen LogP) is 2.11. The molecule has 1 fully saturated rings. The van der Waals surface area contributed by atoms with Crippen molar-refractivity contribution in [2.75, 3.05) is 0 Å². The van der Waals surface area contributed by atoms with E-state index in [9.17, 15) is 19.2 Å². The third-order valence-corrected chi connectivity index (χ3v) is 5.96. The summed E-state index contributed by atoms with van der Waals surface area (Å²) in [6.45, 7) is 0.287. The fourth-order valence-corrected chi connectivity index (χ4v) is 4.24. The highest BCUT2D eigenvalue weighted by molar-refractivity contribution is 6.38. The Balaban J connectivity index is 1.51. The second kappa shape index (κ2) is 9.65. The number of Topliss-reactive ketones (excluding diaryl/α,β-unsaturated/α-hetero) is 1. The molecule has 1 aliphatic rings. The topological polar surface area (TPSA) is 110 Å². The van der Waals surface area contributed by atoms with Gasteiger partial charge in [0, 0.05) is 19.4 Å². The minimum absolute atomic E-state index is 0.121. The molecule has 1 aliphatic heterocycles. The van der Waals surface area contributed by atoms with Crippen LogP contribution in [-0.4, -0.2) is 40.5 Å². The Morgan fingerprint density at radius 2 is 1.64 bits per heavy atom. The average Bonchev–Trinajstić information content (AvgIpc) is 3.18. The average molecular weight is 444 g/mol. The lowest BCUT2D eigenvalue weighted by atomic mass is 10.0. The van der Waals surface area contributed by atoms with Crippen LogP contribution in [0.4, 0.5) is 0 Å². The summed E-state index contributed by atoms with van der Waals surface area (Å²) in [5.74, 6) is -2.55. The maximum atomic E-state index is 13.1. The summed E-state index contributed by atoms with van der Waals surface area (Å²) in [7, 11) is 0. The van der Waals surface area contributed by atoms with Gasteiger partial charge in [-0.15, -0.1) is 0 Å². The first-order chi connectivity index (χ1) is 15.9. The van der Waals surface area contributed by atoms with E-state index in [1.165, 1.54) is 4.90 Å². The van der Waals surface area contributed by atoms with Crippen LogP contribution in [0.25, 0.3) is 10.8 Å². The molecular weight excluding hydrogens is 418 g/mol. The molecule has 0 spiro atoms. The van der Waals surface area contributed by atoms with Crippen LogP contribution in [-0.2, 0) is 32.1 Å². The first-order valence-corrected chi connectivity index (χ1v) is 10.9. The normalized spacial score (nSPS) is 16.5. The van der Waals surface area contributed by atoms with E-state index in [4.69, 9.17) is 5.73 Å². The summed E-state index contributed by atoms with van der Waals surface area (Å²) in [5.41, 5.74) is 6.91. The fourth-order valence-electron chi connectivity index (χ4n) is 4.24. The lowest BCUT2D eigenvalue weighted by Crippen LogP contribution is -2.53. The van der Waals surface area contributed by atoms with Gasteiger partial charge in [-0.25, -0.2) is 0 Å². The second-order valence-electron chi connectivity index (χ2n) is 8.24. The second-order valence-corrected chi connectivity index (χ2v) is 8.24. The summed E-state index contributed by atoms with van der Waals surface area (Å²) in [4.78, 5) is 51.2. The molecule has 0 radical (unpaired) electrons. The summed E-state index contributed by atoms with van der Waals surface area (Å²) in [6.07, 6.45) is 0.736. The first-order valence-electron chi connectivity index (χ1n) is 10.9. The van der Waals surface area contributed by atoms with Crippen LogP contribution in [0.2, 0.25) is 0 Å². The van der Waals surface area contributed by atoms with Crippen molar-refractivity contribution in [3.8, 4) is 0 Å². The van der Waals surface area contributed by atoms with Gasteiger partial charge in [-0.2, -0.15) is 0 Å². The molecule has 7 nitrogen and oxygen atoms in total. The number of carbonyl (C=O) groups excluding carboxylic acids is 4. The quantitative estimate of drug-likeness (QED) is 0.520. The van der Waals surface area contributed by atoms with Crippen molar-refractivity contribution in [1.29, 1.82) is 0 Å². The largest absolute Gasteiger partial charge is 0.363 e. The number of hydrogen-bond acceptors (Lipinski definition) is 4. The standard InChI is InChI=1S/C26H25N3O4/c27-25(32)24(31)21(15-17-6-2-1-3-7-17)28-26(33)22-12-13-23(30)29(22)16-18-10-11-19-8-4-5-9-20(19)14-18/h1-11,14,21-22H,12-13,15-16H2,(H2,27,32)(H,28,33)/t21?,22-/m0/s1. The van der Waals surface area contributed by atoms with Gasteiger partial charge in [-0.3, -0.25) is 19.2 Å². The van der Waals surface area contributed by atoms with Crippen LogP contribution in [0.5, 0.6) is 0 Å². The third-order valence-electron chi connectivity index (χ3n) is 5.96. The van der Waals surface area contributed by atoms with Crippen molar-refractivity contribution in [3.05, 3.63) is 83.9 Å². The number of ketones is 1. The molecule has 0 aromatic heterocycles. The molecule has 1 unspecified atom stereocenters. The molecule has 168 valence electrons. The van der Waals surface area contributed by atoms with Crippen molar-refractivity contribution >= 4 is 34.3 Å². The molecular formula is C26H25N3O4. The van der Waals surface area contributed by atoms with E-state index >= 15 is 0 Å². The summed E-state index contributed by atoms with van der Waals surface area (Å²) in [6, 6.07) is 21.1. The molecule has 1 saturated heterocycles. The van der Waals surface area contributed by atoms with Gasteiger partial charge in [0.15, 0.2) is 0 Å². The molecule has 0 saturated carbocycles. The van der Waals surface area contributed by atoms with Gasteiger partial charge in [0.1, 0.15) is 12.1 Å². The number of nitrogens with zero attached hydrogens (tertiary/aromatic N) is 1. The third kappa shape index (κ3) is 5.09. The monoisotopic (exact) mass is 443 g/mol. The van der Waals surface area contributed by atoms with Crippen LogP contribution >= 0.6 is 0 Å². The number of rotatable bonds is 8. The van der Waals surface area contributed by atoms with Gasteiger partial charge in [0.05, 0.1) is 0 Å². The Hall–Kier alpha value is -4.00.